The number of hydrogen-bond donors (Lipinski definition) is 0. The van der Waals surface area contributed by atoms with Crippen LogP contribution in [0.15, 0.2) is 280 Å². The quantitative estimate of drug-likeness (QED) is 0.109. The first-order valence-corrected chi connectivity index (χ1v) is 40.6. The molecule has 12 aromatic rings. The third kappa shape index (κ3) is 28.2. The van der Waals surface area contributed by atoms with Gasteiger partial charge < -0.3 is 4.90 Å². The summed E-state index contributed by atoms with van der Waals surface area (Å²) in [4.78, 5) is 18.9. The van der Waals surface area contributed by atoms with Gasteiger partial charge in [-0.1, -0.05) is 328 Å². The number of hydrogen-bond acceptors (Lipinski definition) is 5. The number of rotatable bonds is 14. The predicted octanol–water partition coefficient (Wildman–Crippen LogP) is 30.6. The van der Waals surface area contributed by atoms with E-state index in [4.69, 9.17) is 11.6 Å². The lowest BCUT2D eigenvalue weighted by Gasteiger charge is -2.29. The lowest BCUT2D eigenvalue weighted by atomic mass is 9.83. The lowest BCUT2D eigenvalue weighted by molar-refractivity contribution is -0.137. The van der Waals surface area contributed by atoms with Gasteiger partial charge in [0.1, 0.15) is 6.33 Å². The lowest BCUT2D eigenvalue weighted by Crippen LogP contribution is -2.29. The Hall–Kier alpha value is -9.76. The van der Waals surface area contributed by atoms with Gasteiger partial charge in [-0.15, -0.1) is 0 Å². The number of nitrogens with zero attached hydrogens (tertiary/aromatic N) is 5. The van der Waals surface area contributed by atoms with Crippen LogP contribution in [0.5, 0.6) is 0 Å². The van der Waals surface area contributed by atoms with Crippen molar-refractivity contribution in [1.82, 2.24) is 19.9 Å². The molecular formula is C102H119ClF3N5. The van der Waals surface area contributed by atoms with Gasteiger partial charge in [0, 0.05) is 61.0 Å². The Labute approximate surface area is 669 Å². The molecule has 0 atom stereocenters. The molecule has 0 bridgehead atoms. The predicted molar refractivity (Wildman–Crippen MR) is 469 cm³/mol. The fraction of sp³-hybridized carbons (Fsp3) is 0.333. The van der Waals surface area contributed by atoms with Crippen LogP contribution >= 0.6 is 11.6 Å². The molecule has 1 saturated heterocycles. The van der Waals surface area contributed by atoms with Crippen LogP contribution in [0, 0.1) is 6.92 Å². The minimum atomic E-state index is -4.44. The molecule has 0 spiro atoms. The van der Waals surface area contributed by atoms with Crippen LogP contribution in [0.4, 0.5) is 18.9 Å². The van der Waals surface area contributed by atoms with Gasteiger partial charge in [0.05, 0.1) is 10.6 Å². The van der Waals surface area contributed by atoms with Crippen molar-refractivity contribution in [2.24, 2.45) is 0 Å². The smallest absolute Gasteiger partial charge is 0.372 e. The fourth-order valence-electron chi connectivity index (χ4n) is 13.4. The molecule has 580 valence electrons. The molecule has 0 amide bonds. The first-order chi connectivity index (χ1) is 53.3. The number of benzene rings is 9. The van der Waals surface area contributed by atoms with Crippen LogP contribution in [0.2, 0.25) is 5.02 Å². The zero-order chi connectivity index (χ0) is 79.8. The van der Waals surface area contributed by atoms with Gasteiger partial charge in [-0.2, -0.15) is 13.2 Å². The molecule has 14 rings (SSSR count). The van der Waals surface area contributed by atoms with Gasteiger partial charge >= 0.3 is 6.18 Å². The van der Waals surface area contributed by atoms with Gasteiger partial charge in [-0.3, -0.25) is 9.97 Å². The van der Waals surface area contributed by atoms with E-state index in [9.17, 15) is 13.2 Å². The second-order valence-corrected chi connectivity index (χ2v) is 31.9. The second-order valence-electron chi connectivity index (χ2n) is 31.4. The number of halogens is 4. The van der Waals surface area contributed by atoms with Crippen molar-refractivity contribution in [2.75, 3.05) is 18.0 Å². The van der Waals surface area contributed by atoms with Crippen LogP contribution in [0.25, 0.3) is 55.6 Å². The maximum absolute atomic E-state index is 12.8. The molecule has 2 fully saturated rings. The van der Waals surface area contributed by atoms with Crippen molar-refractivity contribution in [3.63, 3.8) is 0 Å². The zero-order valence-corrected chi connectivity index (χ0v) is 69.3. The summed E-state index contributed by atoms with van der Waals surface area (Å²) in [6.07, 6.45) is 17.5. The molecule has 9 aromatic carbocycles. The number of pyridine rings is 2. The zero-order valence-electron chi connectivity index (χ0n) is 68.5. The highest BCUT2D eigenvalue weighted by Gasteiger charge is 2.33. The number of piperidine rings is 1. The topological polar surface area (TPSA) is 54.8 Å². The van der Waals surface area contributed by atoms with Crippen molar-refractivity contribution in [2.45, 2.75) is 209 Å². The molecule has 1 aliphatic carbocycles. The van der Waals surface area contributed by atoms with Crippen molar-refractivity contribution < 1.29 is 13.2 Å². The van der Waals surface area contributed by atoms with Gasteiger partial charge in [0.15, 0.2) is 0 Å². The molecule has 2 aliphatic rings. The Balaban J connectivity index is 0.000000163. The minimum absolute atomic E-state index is 0.278. The summed E-state index contributed by atoms with van der Waals surface area (Å²) in [5.41, 5.74) is 23.8. The molecule has 0 radical (unpaired) electrons. The summed E-state index contributed by atoms with van der Waals surface area (Å²) >= 11 is 5.62. The summed E-state index contributed by atoms with van der Waals surface area (Å²) < 4.78 is 38.5. The first-order valence-electron chi connectivity index (χ1n) is 40.3. The van der Waals surface area contributed by atoms with Crippen LogP contribution in [-0.2, 0) is 6.18 Å². The molecule has 111 heavy (non-hydrogen) atoms. The number of alkyl halides is 3. The van der Waals surface area contributed by atoms with Gasteiger partial charge in [-0.05, 0) is 223 Å². The van der Waals surface area contributed by atoms with E-state index in [-0.39, 0.29) is 5.02 Å². The third-order valence-corrected chi connectivity index (χ3v) is 21.0. The van der Waals surface area contributed by atoms with Crippen LogP contribution in [-0.4, -0.2) is 33.0 Å². The normalized spacial score (nSPS) is 12.8. The van der Waals surface area contributed by atoms with E-state index in [1.54, 1.807) is 24.2 Å². The molecule has 1 aliphatic heterocycles. The van der Waals surface area contributed by atoms with E-state index in [2.05, 4.69) is 310 Å². The molecule has 5 nitrogen and oxygen atoms in total. The summed E-state index contributed by atoms with van der Waals surface area (Å²) in [6.45, 7) is 35.3. The third-order valence-electron chi connectivity index (χ3n) is 20.7. The number of aromatic nitrogens is 4. The Morgan fingerprint density at radius 1 is 0.333 bits per heavy atom. The van der Waals surface area contributed by atoms with E-state index >= 15 is 0 Å². The maximum atomic E-state index is 12.8. The molecule has 9 heteroatoms. The van der Waals surface area contributed by atoms with Gasteiger partial charge in [-0.25, -0.2) is 9.97 Å². The molecule has 0 N–H and O–H groups in total. The summed E-state index contributed by atoms with van der Waals surface area (Å²) in [6, 6.07) is 83.5. The number of anilines is 1. The summed E-state index contributed by atoms with van der Waals surface area (Å²) in [5.74, 6) is 4.90. The Bertz CT molecular complexity index is 4290. The van der Waals surface area contributed by atoms with E-state index < -0.39 is 11.7 Å². The second kappa shape index (κ2) is 44.3. The van der Waals surface area contributed by atoms with Crippen molar-refractivity contribution in [3.05, 3.63) is 341 Å². The van der Waals surface area contributed by atoms with E-state index in [0.29, 0.717) is 47.0 Å². The van der Waals surface area contributed by atoms with Crippen LogP contribution in [0.3, 0.4) is 0 Å². The van der Waals surface area contributed by atoms with Crippen molar-refractivity contribution in [3.8, 4) is 55.6 Å². The highest BCUT2D eigenvalue weighted by Crippen LogP contribution is 2.39. The van der Waals surface area contributed by atoms with Crippen LogP contribution < -0.4 is 4.90 Å². The molecule has 0 unspecified atom stereocenters. The standard InChI is InChI=1S/C16H14ClF3.C15H17N.C15H22.C15H16.C14H15N.C14H21N.C13H14N2/c1-10(2)11-3-5-12(6-4-11)13-7-8-15(17)14(9-13)16(18,19)20;1-11(2)13-4-6-14(7-5-13)15-8-9-16-12(3)10-15;2*1-12(2)13-8-10-15(11-9-13)14-6-4-3-5-7-14;1-11(2)12-5-7-13(8-6-12)14-4-3-9-15-10-14;1-12(2)13-6-8-14(9-7-13)15-10-4-3-5-11-15;1-10(2)11-3-5-12(6-4-11)13-7-14-9-15-8-13/h3-10H,1-2H3;4-11H,1-3H3;8-12,14H,3-7H2,1-2H3;3-12H,1-2H3;3-11H,1-2H3;6-9,12H,3-5,10-11H2,1-2H3;3-10H,1-2H3. The molecular weight excluding hydrogens is 1390 g/mol. The molecule has 4 heterocycles. The Kier molecular flexibility index (Phi) is 34.7. The van der Waals surface area contributed by atoms with Gasteiger partial charge in [0.25, 0.3) is 0 Å². The summed E-state index contributed by atoms with van der Waals surface area (Å²) in [7, 11) is 0. The highest BCUT2D eigenvalue weighted by molar-refractivity contribution is 6.31. The molecule has 1 saturated carbocycles. The Morgan fingerprint density at radius 3 is 1.07 bits per heavy atom. The summed E-state index contributed by atoms with van der Waals surface area (Å²) in [5, 5.41) is -0.278. The van der Waals surface area contributed by atoms with Crippen LogP contribution in [0.1, 0.15) is 251 Å². The highest BCUT2D eigenvalue weighted by atomic mass is 35.5. The number of aryl methyl sites for hydroxylation is 1. The first kappa shape index (κ1) is 86.8. The van der Waals surface area contributed by atoms with Crippen molar-refractivity contribution >= 4 is 17.3 Å². The van der Waals surface area contributed by atoms with E-state index in [1.807, 2.05) is 68.1 Å². The largest absolute Gasteiger partial charge is 0.417 e. The van der Waals surface area contributed by atoms with Gasteiger partial charge in [0.2, 0.25) is 0 Å². The average molecular weight is 1510 g/mol. The average Bonchev–Trinajstić information content (AvgIpc) is 0.804. The van der Waals surface area contributed by atoms with Crippen molar-refractivity contribution in [1.29, 1.82) is 0 Å². The molecule has 3 aromatic heterocycles. The van der Waals surface area contributed by atoms with E-state index in [0.717, 1.165) is 34.4 Å². The minimum Gasteiger partial charge on any atom is -0.372 e. The van der Waals surface area contributed by atoms with E-state index in [1.165, 1.54) is 149 Å². The Morgan fingerprint density at radius 2 is 0.676 bits per heavy atom. The SMILES string of the molecule is CC(C)c1ccc(-c2ccc(Cl)c(C(F)(F)F)c2)cc1.CC(C)c1ccc(-c2ccccc2)cc1.CC(C)c1ccc(-c2cccnc2)cc1.CC(C)c1ccc(-c2cncnc2)cc1.CC(C)c1ccc(C2CCCCC2)cc1.CC(C)c1ccc(N2CCCCC2)cc1.Cc1cc(-c2ccc(C(C)C)cc2)ccn1. The monoisotopic (exact) mass is 1510 g/mol. The maximum Gasteiger partial charge on any atom is 0.417 e. The fourth-order valence-corrected chi connectivity index (χ4v) is 13.6.